The van der Waals surface area contributed by atoms with Crippen LogP contribution >= 0.6 is 11.6 Å². The van der Waals surface area contributed by atoms with Crippen molar-refractivity contribution in [2.45, 2.75) is 19.4 Å². The van der Waals surface area contributed by atoms with Crippen molar-refractivity contribution in [1.29, 1.82) is 0 Å². The monoisotopic (exact) mass is 227 g/mol. The van der Waals surface area contributed by atoms with Gasteiger partial charge >= 0.3 is 5.97 Å². The van der Waals surface area contributed by atoms with E-state index in [-0.39, 0.29) is 12.4 Å². The van der Waals surface area contributed by atoms with Crippen molar-refractivity contribution in [3.05, 3.63) is 34.3 Å². The van der Waals surface area contributed by atoms with E-state index in [0.29, 0.717) is 5.02 Å². The Labute approximate surface area is 94.2 Å². The van der Waals surface area contributed by atoms with Gasteiger partial charge in [0.2, 0.25) is 0 Å². The number of hydrogen-bond acceptors (Lipinski definition) is 3. The van der Waals surface area contributed by atoms with Crippen molar-refractivity contribution in [1.82, 2.24) is 0 Å². The summed E-state index contributed by atoms with van der Waals surface area (Å²) in [5, 5.41) is 0.589. The van der Waals surface area contributed by atoms with E-state index in [2.05, 4.69) is 4.74 Å². The van der Waals surface area contributed by atoms with Crippen LogP contribution in [0.25, 0.3) is 0 Å². The van der Waals surface area contributed by atoms with Crippen molar-refractivity contribution in [3.8, 4) is 0 Å². The molecule has 0 aromatic heterocycles. The highest BCUT2D eigenvalue weighted by atomic mass is 35.5. The number of methoxy groups -OCH3 is 1. The topological polar surface area (TPSA) is 52.3 Å². The average molecular weight is 228 g/mol. The molecule has 0 saturated heterocycles. The van der Waals surface area contributed by atoms with E-state index in [4.69, 9.17) is 17.3 Å². The Kier molecular flexibility index (Phi) is 4.12. The maximum atomic E-state index is 11.0. The molecule has 0 bridgehead atoms. The first-order valence-corrected chi connectivity index (χ1v) is 5.01. The lowest BCUT2D eigenvalue weighted by Gasteiger charge is -2.12. The highest BCUT2D eigenvalue weighted by molar-refractivity contribution is 6.31. The summed E-state index contributed by atoms with van der Waals surface area (Å²) in [5.41, 5.74) is 7.67. The number of benzene rings is 1. The summed E-state index contributed by atoms with van der Waals surface area (Å²) in [7, 11) is 1.34. The number of aryl methyl sites for hydroxylation is 1. The van der Waals surface area contributed by atoms with E-state index in [1.54, 1.807) is 0 Å². The summed E-state index contributed by atoms with van der Waals surface area (Å²) in [6.07, 6.45) is 0.138. The number of ether oxygens (including phenoxy) is 1. The van der Waals surface area contributed by atoms with Gasteiger partial charge in [0.15, 0.2) is 0 Å². The first-order chi connectivity index (χ1) is 7.04. The molecule has 82 valence electrons. The summed E-state index contributed by atoms with van der Waals surface area (Å²) < 4.78 is 4.54. The van der Waals surface area contributed by atoms with Gasteiger partial charge in [0.05, 0.1) is 13.5 Å². The minimum absolute atomic E-state index is 0.138. The molecule has 0 aliphatic rings. The summed E-state index contributed by atoms with van der Waals surface area (Å²) in [5.74, 6) is -0.334. The van der Waals surface area contributed by atoms with Gasteiger partial charge in [-0.25, -0.2) is 0 Å². The lowest BCUT2D eigenvalue weighted by atomic mass is 10.0. The van der Waals surface area contributed by atoms with Crippen molar-refractivity contribution >= 4 is 17.6 Å². The standard InChI is InChI=1S/C11H14ClNO2/c1-7-3-4-8(9(12)5-7)10(13)6-11(14)15-2/h3-5,10H,6,13H2,1-2H3/t10-/m1/s1. The van der Waals surface area contributed by atoms with Crippen molar-refractivity contribution < 1.29 is 9.53 Å². The lowest BCUT2D eigenvalue weighted by Crippen LogP contribution is -2.16. The van der Waals surface area contributed by atoms with E-state index < -0.39 is 6.04 Å². The van der Waals surface area contributed by atoms with Crippen LogP contribution in [0.2, 0.25) is 5.02 Å². The summed E-state index contributed by atoms with van der Waals surface area (Å²) in [6, 6.07) is 5.17. The fourth-order valence-electron chi connectivity index (χ4n) is 1.31. The third kappa shape index (κ3) is 3.22. The van der Waals surface area contributed by atoms with Gasteiger partial charge < -0.3 is 10.5 Å². The quantitative estimate of drug-likeness (QED) is 0.806. The van der Waals surface area contributed by atoms with Crippen molar-refractivity contribution in [2.24, 2.45) is 5.73 Å². The Morgan fingerprint density at radius 3 is 2.80 bits per heavy atom. The largest absolute Gasteiger partial charge is 0.469 e. The summed E-state index contributed by atoms with van der Waals surface area (Å²) in [4.78, 5) is 11.0. The number of carbonyl (C=O) groups is 1. The van der Waals surface area contributed by atoms with Crippen LogP contribution in [0.15, 0.2) is 18.2 Å². The van der Waals surface area contributed by atoms with Crippen LogP contribution in [0, 0.1) is 6.92 Å². The molecule has 1 aromatic carbocycles. The van der Waals surface area contributed by atoms with Crippen LogP contribution in [0.4, 0.5) is 0 Å². The molecule has 0 aliphatic carbocycles. The Balaban J connectivity index is 2.82. The van der Waals surface area contributed by atoms with Gasteiger partial charge in [0.1, 0.15) is 0 Å². The molecule has 0 fully saturated rings. The van der Waals surface area contributed by atoms with E-state index in [1.165, 1.54) is 7.11 Å². The van der Waals surface area contributed by atoms with Crippen LogP contribution in [0.3, 0.4) is 0 Å². The van der Waals surface area contributed by atoms with Crippen molar-refractivity contribution in [3.63, 3.8) is 0 Å². The Hall–Kier alpha value is -1.06. The Morgan fingerprint density at radius 2 is 2.27 bits per heavy atom. The minimum Gasteiger partial charge on any atom is -0.469 e. The second-order valence-electron chi connectivity index (χ2n) is 3.41. The molecule has 15 heavy (non-hydrogen) atoms. The Morgan fingerprint density at radius 1 is 1.60 bits per heavy atom. The van der Waals surface area contributed by atoms with Gasteiger partial charge in [0, 0.05) is 11.1 Å². The van der Waals surface area contributed by atoms with Gasteiger partial charge in [-0.2, -0.15) is 0 Å². The SMILES string of the molecule is COC(=O)C[C@@H](N)c1ccc(C)cc1Cl. The summed E-state index contributed by atoms with van der Waals surface area (Å²) >= 11 is 6.02. The Bertz CT molecular complexity index is 366. The van der Waals surface area contributed by atoms with Crippen LogP contribution in [-0.4, -0.2) is 13.1 Å². The fraction of sp³-hybridized carbons (Fsp3) is 0.364. The normalized spacial score (nSPS) is 12.3. The third-order valence-corrected chi connectivity index (χ3v) is 2.50. The first kappa shape index (κ1) is 12.0. The van der Waals surface area contributed by atoms with Gasteiger partial charge in [0.25, 0.3) is 0 Å². The average Bonchev–Trinajstić information content (AvgIpc) is 2.17. The number of carbonyl (C=O) groups excluding carboxylic acids is 1. The van der Waals surface area contributed by atoms with Crippen LogP contribution < -0.4 is 5.73 Å². The smallest absolute Gasteiger partial charge is 0.307 e. The van der Waals surface area contributed by atoms with Crippen LogP contribution in [0.5, 0.6) is 0 Å². The molecule has 0 heterocycles. The minimum atomic E-state index is -0.412. The van der Waals surface area contributed by atoms with Crippen molar-refractivity contribution in [2.75, 3.05) is 7.11 Å². The second kappa shape index (κ2) is 5.14. The number of halogens is 1. The molecule has 0 amide bonds. The number of rotatable bonds is 3. The van der Waals surface area contributed by atoms with E-state index in [9.17, 15) is 4.79 Å². The van der Waals surface area contributed by atoms with E-state index >= 15 is 0 Å². The maximum Gasteiger partial charge on any atom is 0.307 e. The molecule has 2 N–H and O–H groups in total. The van der Waals surface area contributed by atoms with E-state index in [1.807, 2.05) is 25.1 Å². The maximum absolute atomic E-state index is 11.0. The van der Waals surface area contributed by atoms with Gasteiger partial charge in [-0.1, -0.05) is 23.7 Å². The molecule has 0 spiro atoms. The highest BCUT2D eigenvalue weighted by Gasteiger charge is 2.14. The predicted molar refractivity (Wildman–Crippen MR) is 59.8 cm³/mol. The number of nitrogens with two attached hydrogens (primary N) is 1. The zero-order valence-corrected chi connectivity index (χ0v) is 9.54. The van der Waals surface area contributed by atoms with Crippen LogP contribution in [-0.2, 0) is 9.53 Å². The summed E-state index contributed by atoms with van der Waals surface area (Å²) in [6.45, 7) is 1.95. The molecule has 3 nitrogen and oxygen atoms in total. The molecule has 0 unspecified atom stereocenters. The van der Waals surface area contributed by atoms with Gasteiger partial charge in [-0.05, 0) is 24.1 Å². The van der Waals surface area contributed by atoms with E-state index in [0.717, 1.165) is 11.1 Å². The predicted octanol–water partition coefficient (Wildman–Crippen LogP) is 2.21. The lowest BCUT2D eigenvalue weighted by molar-refractivity contribution is -0.141. The molecule has 0 aliphatic heterocycles. The third-order valence-electron chi connectivity index (χ3n) is 2.17. The molecule has 1 aromatic rings. The second-order valence-corrected chi connectivity index (χ2v) is 3.82. The zero-order chi connectivity index (χ0) is 11.4. The number of hydrogen-bond donors (Lipinski definition) is 1. The molecule has 0 radical (unpaired) electrons. The van der Waals surface area contributed by atoms with Gasteiger partial charge in [-0.3, -0.25) is 4.79 Å². The highest BCUT2D eigenvalue weighted by Crippen LogP contribution is 2.24. The van der Waals surface area contributed by atoms with Crippen LogP contribution in [0.1, 0.15) is 23.6 Å². The number of esters is 1. The molecular weight excluding hydrogens is 214 g/mol. The fourth-order valence-corrected chi connectivity index (χ4v) is 1.68. The molecular formula is C11H14ClNO2. The molecule has 0 saturated carbocycles. The van der Waals surface area contributed by atoms with Gasteiger partial charge in [-0.15, -0.1) is 0 Å². The molecule has 1 atom stereocenters. The molecule has 4 heteroatoms. The first-order valence-electron chi connectivity index (χ1n) is 4.63. The molecule has 1 rings (SSSR count). The zero-order valence-electron chi connectivity index (χ0n) is 8.79.